The molecule has 0 spiro atoms. The average Bonchev–Trinajstić information content (AvgIpc) is 2.99. The molecule has 3 rings (SSSR count). The lowest BCUT2D eigenvalue weighted by Crippen LogP contribution is -2.46. The van der Waals surface area contributed by atoms with Crippen LogP contribution >= 0.6 is 0 Å². The van der Waals surface area contributed by atoms with Gasteiger partial charge in [-0.3, -0.25) is 4.18 Å². The van der Waals surface area contributed by atoms with Crippen molar-refractivity contribution in [3.63, 3.8) is 0 Å². The fourth-order valence-corrected chi connectivity index (χ4v) is 3.61. The van der Waals surface area contributed by atoms with Crippen LogP contribution in [0.3, 0.4) is 0 Å². The Kier molecular flexibility index (Phi) is 4.43. The Balaban J connectivity index is 1.86. The molecule has 0 aromatic rings. The second-order valence-corrected chi connectivity index (χ2v) is 8.46. The third-order valence-electron chi connectivity index (χ3n) is 3.95. The van der Waals surface area contributed by atoms with Gasteiger partial charge < -0.3 is 23.7 Å². The molecule has 1 unspecified atom stereocenters. The quantitative estimate of drug-likeness (QED) is 0.524. The van der Waals surface area contributed by atoms with Crippen molar-refractivity contribution < 1.29 is 49.5 Å². The fourth-order valence-electron chi connectivity index (χ4n) is 2.99. The number of ether oxygens (including phenoxy) is 5. The van der Waals surface area contributed by atoms with Crippen LogP contribution in [0.15, 0.2) is 0 Å². The van der Waals surface area contributed by atoms with Crippen molar-refractivity contribution in [2.45, 2.75) is 75.5 Å². The fraction of sp³-hybridized carbons (Fsp3) is 1.00. The van der Waals surface area contributed by atoms with Crippen LogP contribution in [-0.2, 0) is 38.0 Å². The van der Waals surface area contributed by atoms with Crippen LogP contribution in [0.25, 0.3) is 0 Å². The Hall–Kier alpha value is -0.500. The minimum Gasteiger partial charge on any atom is -0.348 e. The summed E-state index contributed by atoms with van der Waals surface area (Å²) in [4.78, 5) is 0. The molecule has 0 aromatic carbocycles. The van der Waals surface area contributed by atoms with E-state index in [1.807, 2.05) is 0 Å². The number of hydrogen-bond acceptors (Lipinski definition) is 8. The Labute approximate surface area is 142 Å². The predicted octanol–water partition coefficient (Wildman–Crippen LogP) is 1.25. The molecule has 146 valence electrons. The zero-order valence-corrected chi connectivity index (χ0v) is 14.7. The van der Waals surface area contributed by atoms with Crippen molar-refractivity contribution in [3.8, 4) is 0 Å². The normalized spacial score (nSPS) is 40.4. The smallest absolute Gasteiger partial charge is 0.348 e. The standard InChI is InChI=1S/C13H19F3O8S/c1-11(2)19-5-6(21-11)7-8(24-25(17,18)13(14,15)16)9-10(20-7)23-12(3,4)22-9/h6-10H,5H2,1-4H3/t6?,7-,8-,9-,10-/m1/s1. The lowest BCUT2D eigenvalue weighted by Gasteiger charge is -2.28. The zero-order valence-electron chi connectivity index (χ0n) is 13.9. The molecule has 3 saturated heterocycles. The number of rotatable bonds is 3. The van der Waals surface area contributed by atoms with Crippen molar-refractivity contribution >= 4 is 10.1 Å². The Bertz CT molecular complexity index is 632. The number of halogens is 3. The minimum absolute atomic E-state index is 0.00751. The monoisotopic (exact) mass is 392 g/mol. The predicted molar refractivity (Wildman–Crippen MR) is 73.4 cm³/mol. The van der Waals surface area contributed by atoms with Crippen LogP contribution in [0, 0.1) is 0 Å². The molecule has 0 radical (unpaired) electrons. The van der Waals surface area contributed by atoms with Crippen LogP contribution in [0.5, 0.6) is 0 Å². The lowest BCUT2D eigenvalue weighted by atomic mass is 10.1. The van der Waals surface area contributed by atoms with E-state index < -0.39 is 57.9 Å². The first-order chi connectivity index (χ1) is 11.2. The van der Waals surface area contributed by atoms with Gasteiger partial charge in [0.15, 0.2) is 17.9 Å². The van der Waals surface area contributed by atoms with Gasteiger partial charge >= 0.3 is 15.6 Å². The molecule has 3 heterocycles. The largest absolute Gasteiger partial charge is 0.523 e. The van der Waals surface area contributed by atoms with Crippen LogP contribution in [0.1, 0.15) is 27.7 Å². The van der Waals surface area contributed by atoms with Crippen molar-refractivity contribution in [1.82, 2.24) is 0 Å². The second kappa shape index (κ2) is 5.75. The molecular formula is C13H19F3O8S. The maximum Gasteiger partial charge on any atom is 0.523 e. The molecule has 5 atom stereocenters. The molecule has 25 heavy (non-hydrogen) atoms. The van der Waals surface area contributed by atoms with E-state index in [4.69, 9.17) is 23.7 Å². The van der Waals surface area contributed by atoms with Gasteiger partial charge in [-0.25, -0.2) is 0 Å². The SMILES string of the molecule is CC1(C)OCC([C@H]2O[C@@H]3OC(C)(C)O[C@@H]3[C@@H]2OS(=O)(=O)C(F)(F)F)O1. The van der Waals surface area contributed by atoms with Gasteiger partial charge in [0.1, 0.15) is 24.4 Å². The van der Waals surface area contributed by atoms with Gasteiger partial charge in [-0.2, -0.15) is 21.6 Å². The molecule has 0 amide bonds. The third kappa shape index (κ3) is 3.66. The Morgan fingerprint density at radius 2 is 1.64 bits per heavy atom. The highest BCUT2D eigenvalue weighted by Gasteiger charge is 2.62. The molecule has 12 heteroatoms. The number of alkyl halides is 3. The summed E-state index contributed by atoms with van der Waals surface area (Å²) >= 11 is 0. The summed E-state index contributed by atoms with van der Waals surface area (Å²) in [7, 11) is -5.86. The molecule has 8 nitrogen and oxygen atoms in total. The first-order valence-electron chi connectivity index (χ1n) is 7.53. The summed E-state index contributed by atoms with van der Waals surface area (Å²) in [5.41, 5.74) is -5.57. The van der Waals surface area contributed by atoms with E-state index in [2.05, 4.69) is 4.18 Å². The molecule has 0 aromatic heterocycles. The summed E-state index contributed by atoms with van der Waals surface area (Å²) in [6.07, 6.45) is -5.86. The summed E-state index contributed by atoms with van der Waals surface area (Å²) in [6.45, 7) is 6.27. The van der Waals surface area contributed by atoms with Crippen molar-refractivity contribution in [2.24, 2.45) is 0 Å². The highest BCUT2D eigenvalue weighted by molar-refractivity contribution is 7.87. The average molecular weight is 392 g/mol. The highest BCUT2D eigenvalue weighted by atomic mass is 32.2. The van der Waals surface area contributed by atoms with Crippen molar-refractivity contribution in [2.75, 3.05) is 6.61 Å². The van der Waals surface area contributed by atoms with Crippen LogP contribution in [0.2, 0.25) is 0 Å². The molecule has 3 aliphatic heterocycles. The maximum absolute atomic E-state index is 12.7. The maximum atomic E-state index is 12.7. The van der Waals surface area contributed by atoms with E-state index in [9.17, 15) is 21.6 Å². The van der Waals surface area contributed by atoms with E-state index in [0.29, 0.717) is 0 Å². The summed E-state index contributed by atoms with van der Waals surface area (Å²) in [5, 5.41) is 0. The van der Waals surface area contributed by atoms with Gasteiger partial charge in [0.05, 0.1) is 6.61 Å². The number of fused-ring (bicyclic) bond motifs is 1. The molecule has 3 aliphatic rings. The van der Waals surface area contributed by atoms with Gasteiger partial charge in [-0.1, -0.05) is 0 Å². The summed E-state index contributed by atoms with van der Waals surface area (Å²) in [6, 6.07) is 0. The van der Waals surface area contributed by atoms with Gasteiger partial charge in [0, 0.05) is 0 Å². The van der Waals surface area contributed by atoms with E-state index >= 15 is 0 Å². The van der Waals surface area contributed by atoms with E-state index in [1.54, 1.807) is 13.8 Å². The Morgan fingerprint density at radius 1 is 1.00 bits per heavy atom. The van der Waals surface area contributed by atoms with Gasteiger partial charge in [0.25, 0.3) is 0 Å². The van der Waals surface area contributed by atoms with Gasteiger partial charge in [-0.05, 0) is 27.7 Å². The molecule has 0 bridgehead atoms. The highest BCUT2D eigenvalue weighted by Crippen LogP contribution is 2.43. The summed E-state index contributed by atoms with van der Waals surface area (Å²) < 4.78 is 93.0. The number of hydrogen-bond donors (Lipinski definition) is 0. The van der Waals surface area contributed by atoms with Crippen molar-refractivity contribution in [3.05, 3.63) is 0 Å². The first-order valence-corrected chi connectivity index (χ1v) is 8.94. The van der Waals surface area contributed by atoms with Crippen LogP contribution in [0.4, 0.5) is 13.2 Å². The third-order valence-corrected chi connectivity index (χ3v) is 4.99. The first kappa shape index (κ1) is 19.3. The minimum atomic E-state index is -5.86. The molecule has 3 fully saturated rings. The van der Waals surface area contributed by atoms with E-state index in [0.717, 1.165) is 0 Å². The van der Waals surface area contributed by atoms with Crippen LogP contribution in [-0.4, -0.2) is 62.8 Å². The summed E-state index contributed by atoms with van der Waals surface area (Å²) in [5.74, 6) is -2.14. The lowest BCUT2D eigenvalue weighted by molar-refractivity contribution is -0.230. The Morgan fingerprint density at radius 3 is 2.16 bits per heavy atom. The van der Waals surface area contributed by atoms with E-state index in [1.165, 1.54) is 13.8 Å². The molecule has 0 saturated carbocycles. The van der Waals surface area contributed by atoms with E-state index in [-0.39, 0.29) is 6.61 Å². The second-order valence-electron chi connectivity index (χ2n) is 6.90. The topological polar surface area (TPSA) is 89.5 Å². The van der Waals surface area contributed by atoms with Gasteiger partial charge in [0.2, 0.25) is 0 Å². The zero-order chi connectivity index (χ0) is 18.8. The molecular weight excluding hydrogens is 373 g/mol. The van der Waals surface area contributed by atoms with Crippen molar-refractivity contribution in [1.29, 1.82) is 0 Å². The molecule has 0 N–H and O–H groups in total. The van der Waals surface area contributed by atoms with Gasteiger partial charge in [-0.15, -0.1) is 0 Å². The molecule has 0 aliphatic carbocycles. The van der Waals surface area contributed by atoms with Crippen LogP contribution < -0.4 is 0 Å².